The second-order valence-corrected chi connectivity index (χ2v) is 4.34. The van der Waals surface area contributed by atoms with Gasteiger partial charge in [0.05, 0.1) is 0 Å². The van der Waals surface area contributed by atoms with Gasteiger partial charge in [-0.05, 0) is 37.3 Å². The smallest absolute Gasteiger partial charge is 0.134 e. The van der Waals surface area contributed by atoms with Gasteiger partial charge in [-0.2, -0.15) is 0 Å². The summed E-state index contributed by atoms with van der Waals surface area (Å²) in [6, 6.07) is 14.8. The van der Waals surface area contributed by atoms with Gasteiger partial charge in [0.25, 0.3) is 0 Å². The molecule has 0 saturated carbocycles. The van der Waals surface area contributed by atoms with Crippen molar-refractivity contribution in [3.63, 3.8) is 0 Å². The molecule has 1 N–H and O–H groups in total. The summed E-state index contributed by atoms with van der Waals surface area (Å²) in [6.45, 7) is 1.50. The van der Waals surface area contributed by atoms with E-state index in [4.69, 9.17) is 0 Å². The Kier molecular flexibility index (Phi) is 4.00. The Bertz CT molecular complexity index is 646. The summed E-state index contributed by atoms with van der Waals surface area (Å²) < 4.78 is 0. The number of phenolic OH excluding ortho intramolecular Hbond substituents is 1. The van der Waals surface area contributed by atoms with Crippen LogP contribution in [0.25, 0.3) is 0 Å². The molecule has 0 aliphatic carbocycles. The molecule has 0 fully saturated rings. The highest BCUT2D eigenvalue weighted by molar-refractivity contribution is 5.79. The number of hydrogen-bond acceptors (Lipinski definition) is 2. The maximum absolute atomic E-state index is 11.1. The van der Waals surface area contributed by atoms with Gasteiger partial charge in [0.2, 0.25) is 0 Å². The van der Waals surface area contributed by atoms with Crippen molar-refractivity contribution in [2.24, 2.45) is 0 Å². The van der Waals surface area contributed by atoms with E-state index in [1.807, 2.05) is 30.3 Å². The van der Waals surface area contributed by atoms with E-state index in [9.17, 15) is 9.90 Å². The Morgan fingerprint density at radius 1 is 1.05 bits per heavy atom. The first-order chi connectivity index (χ1) is 9.15. The fourth-order valence-electron chi connectivity index (χ4n) is 1.74. The number of rotatable bonds is 2. The number of hydrogen-bond donors (Lipinski definition) is 1. The normalized spacial score (nSPS) is 9.53. The van der Waals surface area contributed by atoms with Crippen molar-refractivity contribution in [3.05, 3.63) is 65.2 Å². The third-order valence-corrected chi connectivity index (χ3v) is 2.64. The molecule has 2 rings (SSSR count). The highest BCUT2D eigenvalue weighted by Crippen LogP contribution is 2.19. The molecule has 2 aromatic carbocycles. The predicted molar refractivity (Wildman–Crippen MR) is 74.9 cm³/mol. The third kappa shape index (κ3) is 3.72. The predicted octanol–water partition coefficient (Wildman–Crippen LogP) is 2.92. The summed E-state index contributed by atoms with van der Waals surface area (Å²) in [5, 5.41) is 9.67. The van der Waals surface area contributed by atoms with Crippen molar-refractivity contribution in [3.8, 4) is 17.6 Å². The van der Waals surface area contributed by atoms with Crippen molar-refractivity contribution in [1.82, 2.24) is 0 Å². The summed E-state index contributed by atoms with van der Waals surface area (Å²) >= 11 is 0. The van der Waals surface area contributed by atoms with Crippen molar-refractivity contribution in [2.75, 3.05) is 0 Å². The van der Waals surface area contributed by atoms with Gasteiger partial charge in [-0.3, -0.25) is 4.79 Å². The Morgan fingerprint density at radius 2 is 1.74 bits per heavy atom. The molecule has 0 unspecified atom stereocenters. The van der Waals surface area contributed by atoms with Gasteiger partial charge in [0, 0.05) is 23.1 Å². The second-order valence-electron chi connectivity index (χ2n) is 4.34. The van der Waals surface area contributed by atoms with Gasteiger partial charge in [0.15, 0.2) is 0 Å². The molecule has 0 heterocycles. The van der Waals surface area contributed by atoms with Crippen molar-refractivity contribution in [2.45, 2.75) is 13.3 Å². The molecule has 0 saturated heterocycles. The molecule has 94 valence electrons. The molecule has 0 spiro atoms. The van der Waals surface area contributed by atoms with Gasteiger partial charge in [-0.15, -0.1) is 0 Å². The molecule has 0 aliphatic heterocycles. The van der Waals surface area contributed by atoms with E-state index in [-0.39, 0.29) is 18.0 Å². The monoisotopic (exact) mass is 250 g/mol. The largest absolute Gasteiger partial charge is 0.508 e. The van der Waals surface area contributed by atoms with Gasteiger partial charge >= 0.3 is 0 Å². The van der Waals surface area contributed by atoms with Crippen LogP contribution in [0.5, 0.6) is 5.75 Å². The van der Waals surface area contributed by atoms with Crippen LogP contribution in [0.15, 0.2) is 48.5 Å². The molecule has 0 aromatic heterocycles. The molecule has 0 bridgehead atoms. The van der Waals surface area contributed by atoms with E-state index < -0.39 is 0 Å². The lowest BCUT2D eigenvalue weighted by Gasteiger charge is -2.02. The van der Waals surface area contributed by atoms with Gasteiger partial charge < -0.3 is 5.11 Å². The van der Waals surface area contributed by atoms with Crippen LogP contribution in [-0.4, -0.2) is 10.9 Å². The minimum absolute atomic E-state index is 0.0171. The molecule has 0 aliphatic rings. The van der Waals surface area contributed by atoms with Gasteiger partial charge in [0.1, 0.15) is 11.5 Å². The molecule has 0 radical (unpaired) electrons. The summed E-state index contributed by atoms with van der Waals surface area (Å²) in [5.41, 5.74) is 2.34. The Balaban J connectivity index is 2.27. The Hall–Kier alpha value is -2.53. The summed E-state index contributed by atoms with van der Waals surface area (Å²) in [7, 11) is 0. The van der Waals surface area contributed by atoms with E-state index in [1.165, 1.54) is 6.92 Å². The SMILES string of the molecule is CC(=O)Cc1cc(C#Cc2ccccc2)ccc1O. The second kappa shape index (κ2) is 5.88. The first-order valence-corrected chi connectivity index (χ1v) is 6.03. The Morgan fingerprint density at radius 3 is 2.42 bits per heavy atom. The Labute approximate surface area is 112 Å². The van der Waals surface area contributed by atoms with Crippen LogP contribution in [-0.2, 0) is 11.2 Å². The highest BCUT2D eigenvalue weighted by Gasteiger charge is 2.04. The molecular formula is C17H14O2. The number of carbonyl (C=O) groups is 1. The zero-order valence-electron chi connectivity index (χ0n) is 10.7. The van der Waals surface area contributed by atoms with E-state index in [2.05, 4.69) is 11.8 Å². The zero-order chi connectivity index (χ0) is 13.7. The first kappa shape index (κ1) is 12.9. The fraction of sp³-hybridized carbons (Fsp3) is 0.118. The lowest BCUT2D eigenvalue weighted by molar-refractivity contribution is -0.116. The minimum atomic E-state index is 0.0171. The van der Waals surface area contributed by atoms with Crippen molar-refractivity contribution >= 4 is 5.78 Å². The van der Waals surface area contributed by atoms with E-state index in [1.54, 1.807) is 18.2 Å². The van der Waals surface area contributed by atoms with Crippen molar-refractivity contribution in [1.29, 1.82) is 0 Å². The molecule has 2 nitrogen and oxygen atoms in total. The van der Waals surface area contributed by atoms with Gasteiger partial charge in [-0.1, -0.05) is 30.0 Å². The van der Waals surface area contributed by atoms with Crippen LogP contribution < -0.4 is 0 Å². The number of Topliss-reactive ketones (excluding diaryl/α,β-unsaturated/α-hetero) is 1. The van der Waals surface area contributed by atoms with Crippen LogP contribution >= 0.6 is 0 Å². The lowest BCUT2D eigenvalue weighted by atomic mass is 10.0. The van der Waals surface area contributed by atoms with Crippen LogP contribution in [0.2, 0.25) is 0 Å². The van der Waals surface area contributed by atoms with E-state index in [0.717, 1.165) is 11.1 Å². The maximum atomic E-state index is 11.1. The summed E-state index contributed by atoms with van der Waals surface area (Å²) in [6.07, 6.45) is 0.229. The topological polar surface area (TPSA) is 37.3 Å². The standard InChI is InChI=1S/C17H14O2/c1-13(18)11-16-12-15(9-10-17(16)19)8-7-14-5-3-2-4-6-14/h2-6,9-10,12,19H,11H2,1H3. The highest BCUT2D eigenvalue weighted by atomic mass is 16.3. The maximum Gasteiger partial charge on any atom is 0.134 e. The summed E-state index contributed by atoms with van der Waals surface area (Å²) in [4.78, 5) is 11.1. The quantitative estimate of drug-likeness (QED) is 0.832. The fourth-order valence-corrected chi connectivity index (χ4v) is 1.74. The molecule has 2 heteroatoms. The number of aromatic hydroxyl groups is 1. The number of ketones is 1. The molecular weight excluding hydrogens is 236 g/mol. The van der Waals surface area contributed by atoms with Crippen molar-refractivity contribution < 1.29 is 9.90 Å². The van der Waals surface area contributed by atoms with Crippen LogP contribution in [0.1, 0.15) is 23.6 Å². The zero-order valence-corrected chi connectivity index (χ0v) is 10.7. The molecule has 2 aromatic rings. The van der Waals surface area contributed by atoms with E-state index >= 15 is 0 Å². The molecule has 0 amide bonds. The number of benzene rings is 2. The van der Waals surface area contributed by atoms with Crippen LogP contribution in [0.3, 0.4) is 0 Å². The molecule has 0 atom stereocenters. The lowest BCUT2D eigenvalue weighted by Crippen LogP contribution is -1.97. The first-order valence-electron chi connectivity index (χ1n) is 6.03. The van der Waals surface area contributed by atoms with E-state index in [0.29, 0.717) is 5.56 Å². The van der Waals surface area contributed by atoms with Gasteiger partial charge in [-0.25, -0.2) is 0 Å². The third-order valence-electron chi connectivity index (χ3n) is 2.64. The average Bonchev–Trinajstić information content (AvgIpc) is 2.40. The number of phenols is 1. The minimum Gasteiger partial charge on any atom is -0.508 e. The summed E-state index contributed by atoms with van der Waals surface area (Å²) in [5.74, 6) is 6.23. The molecule has 19 heavy (non-hydrogen) atoms. The average molecular weight is 250 g/mol. The van der Waals surface area contributed by atoms with Crippen LogP contribution in [0.4, 0.5) is 0 Å². The van der Waals surface area contributed by atoms with Crippen LogP contribution in [0, 0.1) is 11.8 Å². The number of carbonyl (C=O) groups excluding carboxylic acids is 1.